The van der Waals surface area contributed by atoms with Crippen LogP contribution >= 0.6 is 0 Å². The number of carbonyl (C=O) groups excluding carboxylic acids is 1. The lowest BCUT2D eigenvalue weighted by Crippen LogP contribution is -2.30. The fourth-order valence-corrected chi connectivity index (χ4v) is 1.77. The minimum Gasteiger partial charge on any atom is -0.423 e. The number of benzene rings is 1. The van der Waals surface area contributed by atoms with Crippen molar-refractivity contribution in [3.8, 4) is 0 Å². The molecule has 7 nitrogen and oxygen atoms in total. The third-order valence-electron chi connectivity index (χ3n) is 2.81. The van der Waals surface area contributed by atoms with Crippen LogP contribution in [0.3, 0.4) is 0 Å². The van der Waals surface area contributed by atoms with Crippen LogP contribution in [0.5, 0.6) is 0 Å². The average Bonchev–Trinajstić information content (AvgIpc) is 2.87. The van der Waals surface area contributed by atoms with Crippen molar-refractivity contribution < 1.29 is 13.9 Å². The fraction of sp³-hybridized carbons (Fsp3) is 0.429. The van der Waals surface area contributed by atoms with Crippen molar-refractivity contribution >= 4 is 28.7 Å². The van der Waals surface area contributed by atoms with E-state index < -0.39 is 0 Å². The molecule has 0 saturated heterocycles. The lowest BCUT2D eigenvalue weighted by molar-refractivity contribution is -0.115. The standard InChI is InChI=1S/C14H20N4O3/c1-18(2)14-17-11-8-10(4-5-12(11)21-14)16-13(19)9-15-6-7-20-3/h4-5,8,15H,6-7,9H2,1-3H3,(H,16,19). The van der Waals surface area contributed by atoms with Crippen molar-refractivity contribution in [3.63, 3.8) is 0 Å². The topological polar surface area (TPSA) is 79.6 Å². The maximum Gasteiger partial charge on any atom is 0.297 e. The van der Waals surface area contributed by atoms with Crippen LogP contribution in [0.15, 0.2) is 22.6 Å². The first-order valence-electron chi connectivity index (χ1n) is 6.67. The van der Waals surface area contributed by atoms with E-state index >= 15 is 0 Å². The Morgan fingerprint density at radius 1 is 1.43 bits per heavy atom. The van der Waals surface area contributed by atoms with Gasteiger partial charge >= 0.3 is 0 Å². The highest BCUT2D eigenvalue weighted by atomic mass is 16.5. The molecule has 0 unspecified atom stereocenters. The van der Waals surface area contributed by atoms with Crippen LogP contribution in [0.4, 0.5) is 11.7 Å². The third-order valence-corrected chi connectivity index (χ3v) is 2.81. The largest absolute Gasteiger partial charge is 0.423 e. The molecule has 1 aromatic heterocycles. The molecule has 0 aliphatic carbocycles. The van der Waals surface area contributed by atoms with E-state index in [2.05, 4.69) is 15.6 Å². The monoisotopic (exact) mass is 292 g/mol. The van der Waals surface area contributed by atoms with Crippen molar-refractivity contribution in [1.82, 2.24) is 10.3 Å². The van der Waals surface area contributed by atoms with Crippen LogP contribution in [0.2, 0.25) is 0 Å². The lowest BCUT2D eigenvalue weighted by atomic mass is 10.3. The van der Waals surface area contributed by atoms with E-state index in [0.717, 1.165) is 0 Å². The van der Waals surface area contributed by atoms with Crippen LogP contribution in [0.1, 0.15) is 0 Å². The SMILES string of the molecule is COCCNCC(=O)Nc1ccc2oc(N(C)C)nc2c1. The Morgan fingerprint density at radius 3 is 2.95 bits per heavy atom. The van der Waals surface area contributed by atoms with E-state index in [4.69, 9.17) is 9.15 Å². The zero-order chi connectivity index (χ0) is 15.2. The number of ether oxygens (including phenoxy) is 1. The Labute approximate surface area is 123 Å². The quantitative estimate of drug-likeness (QED) is 0.743. The predicted molar refractivity (Wildman–Crippen MR) is 81.7 cm³/mol. The second-order valence-electron chi connectivity index (χ2n) is 4.79. The van der Waals surface area contributed by atoms with Crippen LogP contribution in [0.25, 0.3) is 11.1 Å². The number of methoxy groups -OCH3 is 1. The minimum atomic E-state index is -0.109. The summed E-state index contributed by atoms with van der Waals surface area (Å²) in [6, 6.07) is 5.91. The molecule has 1 heterocycles. The third kappa shape index (κ3) is 4.17. The minimum absolute atomic E-state index is 0.109. The Hall–Kier alpha value is -2.12. The zero-order valence-electron chi connectivity index (χ0n) is 12.5. The molecule has 7 heteroatoms. The molecular weight excluding hydrogens is 272 g/mol. The summed E-state index contributed by atoms with van der Waals surface area (Å²) in [5, 5.41) is 5.80. The zero-order valence-corrected chi connectivity index (χ0v) is 12.5. The van der Waals surface area contributed by atoms with Gasteiger partial charge in [-0.1, -0.05) is 0 Å². The summed E-state index contributed by atoms with van der Waals surface area (Å²) in [4.78, 5) is 17.9. The van der Waals surface area contributed by atoms with Crippen molar-refractivity contribution in [3.05, 3.63) is 18.2 Å². The van der Waals surface area contributed by atoms with E-state index in [1.54, 1.807) is 30.2 Å². The molecule has 0 aliphatic heterocycles. The van der Waals surface area contributed by atoms with E-state index in [1.807, 2.05) is 14.1 Å². The van der Waals surface area contributed by atoms with Gasteiger partial charge in [0.15, 0.2) is 5.58 Å². The maximum atomic E-state index is 11.8. The average molecular weight is 292 g/mol. The Balaban J connectivity index is 1.97. The first-order chi connectivity index (χ1) is 10.1. The summed E-state index contributed by atoms with van der Waals surface area (Å²) in [7, 11) is 5.34. The summed E-state index contributed by atoms with van der Waals surface area (Å²) in [5.41, 5.74) is 2.10. The number of oxazole rings is 1. The van der Waals surface area contributed by atoms with Gasteiger partial charge in [-0.3, -0.25) is 4.79 Å². The summed E-state index contributed by atoms with van der Waals surface area (Å²) in [6.07, 6.45) is 0. The first kappa shape index (κ1) is 15.3. The molecule has 1 aromatic carbocycles. The molecule has 1 amide bonds. The highest BCUT2D eigenvalue weighted by Crippen LogP contribution is 2.23. The molecule has 0 spiro atoms. The van der Waals surface area contributed by atoms with Gasteiger partial charge in [-0.15, -0.1) is 0 Å². The molecule has 2 N–H and O–H groups in total. The number of hydrogen-bond acceptors (Lipinski definition) is 6. The summed E-state index contributed by atoms with van der Waals surface area (Å²) in [6.45, 7) is 1.45. The number of fused-ring (bicyclic) bond motifs is 1. The fourth-order valence-electron chi connectivity index (χ4n) is 1.77. The number of rotatable bonds is 7. The molecule has 0 atom stereocenters. The van der Waals surface area contributed by atoms with E-state index in [9.17, 15) is 4.79 Å². The lowest BCUT2D eigenvalue weighted by Gasteiger charge is -2.06. The molecule has 21 heavy (non-hydrogen) atoms. The van der Waals surface area contributed by atoms with Gasteiger partial charge in [0.1, 0.15) is 5.52 Å². The molecule has 2 rings (SSSR count). The van der Waals surface area contributed by atoms with Crippen LogP contribution in [-0.2, 0) is 9.53 Å². The first-order valence-corrected chi connectivity index (χ1v) is 6.67. The van der Waals surface area contributed by atoms with Crippen molar-refractivity contribution in [2.45, 2.75) is 0 Å². The summed E-state index contributed by atoms with van der Waals surface area (Å²) in [5.74, 6) is -0.109. The van der Waals surface area contributed by atoms with E-state index in [1.165, 1.54) is 0 Å². The number of nitrogens with zero attached hydrogens (tertiary/aromatic N) is 2. The van der Waals surface area contributed by atoms with Gasteiger partial charge in [0.2, 0.25) is 5.91 Å². The Kier molecular flexibility index (Phi) is 5.13. The highest BCUT2D eigenvalue weighted by Gasteiger charge is 2.09. The molecule has 0 radical (unpaired) electrons. The van der Waals surface area contributed by atoms with Crippen LogP contribution in [0, 0.1) is 0 Å². The molecule has 114 valence electrons. The second kappa shape index (κ2) is 7.05. The molecule has 0 saturated carbocycles. The number of hydrogen-bond donors (Lipinski definition) is 2. The number of aromatic nitrogens is 1. The van der Waals surface area contributed by atoms with Gasteiger partial charge in [-0.25, -0.2) is 0 Å². The number of nitrogens with one attached hydrogen (secondary N) is 2. The Bertz CT molecular complexity index is 609. The molecular formula is C14H20N4O3. The summed E-state index contributed by atoms with van der Waals surface area (Å²) >= 11 is 0. The molecule has 2 aromatic rings. The van der Waals surface area contributed by atoms with Gasteiger partial charge in [0, 0.05) is 33.4 Å². The normalized spacial score (nSPS) is 10.8. The van der Waals surface area contributed by atoms with E-state index in [0.29, 0.717) is 36.0 Å². The van der Waals surface area contributed by atoms with E-state index in [-0.39, 0.29) is 12.5 Å². The smallest absolute Gasteiger partial charge is 0.297 e. The van der Waals surface area contributed by atoms with Crippen LogP contribution in [-0.4, -0.2) is 51.8 Å². The molecule has 0 aliphatic rings. The maximum absolute atomic E-state index is 11.8. The number of carbonyl (C=O) groups is 1. The van der Waals surface area contributed by atoms with Gasteiger partial charge in [-0.2, -0.15) is 4.98 Å². The number of anilines is 2. The van der Waals surface area contributed by atoms with Gasteiger partial charge < -0.3 is 24.7 Å². The van der Waals surface area contributed by atoms with Gasteiger partial charge in [0.25, 0.3) is 6.01 Å². The molecule has 0 fully saturated rings. The number of amides is 1. The van der Waals surface area contributed by atoms with Crippen LogP contribution < -0.4 is 15.5 Å². The van der Waals surface area contributed by atoms with Gasteiger partial charge in [-0.05, 0) is 18.2 Å². The predicted octanol–water partition coefficient (Wildman–Crippen LogP) is 1.07. The van der Waals surface area contributed by atoms with Crippen molar-refractivity contribution in [2.24, 2.45) is 0 Å². The van der Waals surface area contributed by atoms with Gasteiger partial charge in [0.05, 0.1) is 13.2 Å². The summed E-state index contributed by atoms with van der Waals surface area (Å²) < 4.78 is 10.5. The Morgan fingerprint density at radius 2 is 2.24 bits per heavy atom. The highest BCUT2D eigenvalue weighted by molar-refractivity contribution is 5.94. The second-order valence-corrected chi connectivity index (χ2v) is 4.79. The van der Waals surface area contributed by atoms with Crippen molar-refractivity contribution in [1.29, 1.82) is 0 Å². The molecule has 0 bridgehead atoms. The van der Waals surface area contributed by atoms with Crippen molar-refractivity contribution in [2.75, 3.05) is 51.1 Å².